The molecule has 0 aliphatic rings. The highest BCUT2D eigenvalue weighted by Gasteiger charge is 2.18. The zero-order valence-corrected chi connectivity index (χ0v) is 15.6. The average Bonchev–Trinajstić information content (AvgIpc) is 2.96. The molecule has 0 fully saturated rings. The Hall–Kier alpha value is -2.31. The lowest BCUT2D eigenvalue weighted by atomic mass is 10.1. The van der Waals surface area contributed by atoms with Crippen LogP contribution in [0.25, 0.3) is 11.3 Å². The van der Waals surface area contributed by atoms with Gasteiger partial charge in [-0.05, 0) is 37.3 Å². The molecule has 0 bridgehead atoms. The number of nitrogens with one attached hydrogen (secondary N) is 1. The zero-order chi connectivity index (χ0) is 17.8. The van der Waals surface area contributed by atoms with Crippen molar-refractivity contribution >= 4 is 39.3 Å². The Kier molecular flexibility index (Phi) is 5.40. The van der Waals surface area contributed by atoms with Crippen molar-refractivity contribution < 1.29 is 14.1 Å². The molecule has 1 N–H and O–H groups in total. The molecular formula is C18H14BrClN2O3. The molecule has 0 aliphatic heterocycles. The second-order valence-electron chi connectivity index (χ2n) is 5.27. The molecule has 1 amide bonds. The number of hydrogen-bond acceptors (Lipinski definition) is 4. The van der Waals surface area contributed by atoms with E-state index in [0.717, 1.165) is 15.6 Å². The molecule has 2 aromatic carbocycles. The number of halogens is 2. The van der Waals surface area contributed by atoms with E-state index in [0.29, 0.717) is 22.2 Å². The summed E-state index contributed by atoms with van der Waals surface area (Å²) in [5, 5.41) is 7.16. The zero-order valence-electron chi connectivity index (χ0n) is 13.3. The average molecular weight is 422 g/mol. The van der Waals surface area contributed by atoms with Crippen molar-refractivity contribution in [3.05, 3.63) is 69.3 Å². The van der Waals surface area contributed by atoms with E-state index in [9.17, 15) is 4.79 Å². The highest BCUT2D eigenvalue weighted by molar-refractivity contribution is 9.10. The van der Waals surface area contributed by atoms with Crippen LogP contribution in [0.5, 0.6) is 0 Å². The molecule has 0 atom stereocenters. The molecule has 0 spiro atoms. The first-order valence-electron chi connectivity index (χ1n) is 7.44. The molecule has 3 rings (SSSR count). The molecule has 0 radical (unpaired) electrons. The van der Waals surface area contributed by atoms with Crippen LogP contribution in [0.3, 0.4) is 0 Å². The van der Waals surface area contributed by atoms with Crippen molar-refractivity contribution in [2.75, 3.05) is 5.32 Å². The van der Waals surface area contributed by atoms with Gasteiger partial charge in [-0.2, -0.15) is 0 Å². The second kappa shape index (κ2) is 7.72. The predicted octanol–water partition coefficient (Wildman–Crippen LogP) is 5.81. The van der Waals surface area contributed by atoms with Crippen LogP contribution in [-0.2, 0) is 11.3 Å². The summed E-state index contributed by atoms with van der Waals surface area (Å²) < 4.78 is 11.5. The van der Waals surface area contributed by atoms with Crippen LogP contribution in [0.2, 0.25) is 5.02 Å². The Balaban J connectivity index is 1.72. The lowest BCUT2D eigenvalue weighted by Crippen LogP contribution is -2.14. The van der Waals surface area contributed by atoms with Gasteiger partial charge in [0.05, 0.1) is 0 Å². The standard InChI is InChI=1S/C18H14BrClN2O3/c1-11-16(17(25-22-11)12-6-8-14(19)9-7-12)21-18(23)24-10-13-4-2-3-5-15(13)20/h2-9H,10H2,1H3,(H,21,23). The first-order chi connectivity index (χ1) is 12.0. The minimum absolute atomic E-state index is 0.0729. The monoisotopic (exact) mass is 420 g/mol. The Labute approximate surface area is 158 Å². The van der Waals surface area contributed by atoms with E-state index in [1.165, 1.54) is 0 Å². The fourth-order valence-electron chi connectivity index (χ4n) is 2.21. The molecule has 128 valence electrons. The number of benzene rings is 2. The van der Waals surface area contributed by atoms with Gasteiger partial charge in [0.15, 0.2) is 5.76 Å². The Morgan fingerprint density at radius 3 is 2.68 bits per heavy atom. The van der Waals surface area contributed by atoms with Gasteiger partial charge < -0.3 is 9.26 Å². The van der Waals surface area contributed by atoms with E-state index >= 15 is 0 Å². The molecule has 1 aromatic heterocycles. The molecule has 5 nitrogen and oxygen atoms in total. The van der Waals surface area contributed by atoms with Gasteiger partial charge in [0.1, 0.15) is 18.0 Å². The number of rotatable bonds is 4. The maximum Gasteiger partial charge on any atom is 0.412 e. The number of amides is 1. The molecule has 0 saturated heterocycles. The first-order valence-corrected chi connectivity index (χ1v) is 8.61. The molecule has 0 saturated carbocycles. The van der Waals surface area contributed by atoms with Gasteiger partial charge in [-0.25, -0.2) is 4.79 Å². The summed E-state index contributed by atoms with van der Waals surface area (Å²) >= 11 is 9.44. The molecular weight excluding hydrogens is 408 g/mol. The number of nitrogens with zero attached hydrogens (tertiary/aromatic N) is 1. The molecule has 3 aromatic rings. The van der Waals surface area contributed by atoms with Crippen LogP contribution in [0, 0.1) is 6.92 Å². The van der Waals surface area contributed by atoms with Crippen molar-refractivity contribution in [2.45, 2.75) is 13.5 Å². The summed E-state index contributed by atoms with van der Waals surface area (Å²) in [7, 11) is 0. The highest BCUT2D eigenvalue weighted by Crippen LogP contribution is 2.31. The van der Waals surface area contributed by atoms with E-state index in [4.69, 9.17) is 20.9 Å². The summed E-state index contributed by atoms with van der Waals surface area (Å²) in [6.07, 6.45) is -0.607. The Bertz CT molecular complexity index is 894. The van der Waals surface area contributed by atoms with Gasteiger partial charge in [0.2, 0.25) is 0 Å². The van der Waals surface area contributed by atoms with Gasteiger partial charge in [-0.3, -0.25) is 5.32 Å². The second-order valence-corrected chi connectivity index (χ2v) is 6.59. The van der Waals surface area contributed by atoms with Crippen LogP contribution in [0.4, 0.5) is 10.5 Å². The van der Waals surface area contributed by atoms with E-state index in [1.54, 1.807) is 19.1 Å². The fraction of sp³-hybridized carbons (Fsp3) is 0.111. The van der Waals surface area contributed by atoms with Crippen molar-refractivity contribution in [1.82, 2.24) is 5.16 Å². The topological polar surface area (TPSA) is 64.4 Å². The lowest BCUT2D eigenvalue weighted by Gasteiger charge is -2.08. The smallest absolute Gasteiger partial charge is 0.412 e. The third-order valence-corrected chi connectivity index (χ3v) is 4.41. The molecule has 1 heterocycles. The summed E-state index contributed by atoms with van der Waals surface area (Å²) in [5.74, 6) is 0.472. The van der Waals surface area contributed by atoms with Crippen molar-refractivity contribution in [3.63, 3.8) is 0 Å². The summed E-state index contributed by atoms with van der Waals surface area (Å²) in [5.41, 5.74) is 2.57. The number of hydrogen-bond donors (Lipinski definition) is 1. The third kappa shape index (κ3) is 4.21. The molecule has 0 unspecified atom stereocenters. The minimum Gasteiger partial charge on any atom is -0.444 e. The number of aromatic nitrogens is 1. The fourth-order valence-corrected chi connectivity index (χ4v) is 2.67. The van der Waals surface area contributed by atoms with Crippen LogP contribution in [-0.4, -0.2) is 11.2 Å². The Morgan fingerprint density at radius 1 is 1.24 bits per heavy atom. The number of carbonyl (C=O) groups is 1. The van der Waals surface area contributed by atoms with Crippen molar-refractivity contribution in [3.8, 4) is 11.3 Å². The van der Waals surface area contributed by atoms with Crippen LogP contribution >= 0.6 is 27.5 Å². The van der Waals surface area contributed by atoms with E-state index in [-0.39, 0.29) is 6.61 Å². The number of aryl methyl sites for hydroxylation is 1. The van der Waals surface area contributed by atoms with Crippen molar-refractivity contribution in [1.29, 1.82) is 0 Å². The van der Waals surface area contributed by atoms with E-state index in [1.807, 2.05) is 36.4 Å². The SMILES string of the molecule is Cc1noc(-c2ccc(Br)cc2)c1NC(=O)OCc1ccccc1Cl. The summed E-state index contributed by atoms with van der Waals surface area (Å²) in [6, 6.07) is 14.7. The van der Waals surface area contributed by atoms with Gasteiger partial charge in [-0.1, -0.05) is 50.9 Å². The third-order valence-electron chi connectivity index (χ3n) is 3.51. The predicted molar refractivity (Wildman–Crippen MR) is 99.6 cm³/mol. The van der Waals surface area contributed by atoms with E-state index < -0.39 is 6.09 Å². The molecule has 7 heteroatoms. The van der Waals surface area contributed by atoms with Gasteiger partial charge in [-0.15, -0.1) is 0 Å². The molecule has 25 heavy (non-hydrogen) atoms. The lowest BCUT2D eigenvalue weighted by molar-refractivity contribution is 0.155. The normalized spacial score (nSPS) is 10.5. The van der Waals surface area contributed by atoms with Crippen LogP contribution in [0.15, 0.2) is 57.5 Å². The van der Waals surface area contributed by atoms with Crippen LogP contribution in [0.1, 0.15) is 11.3 Å². The largest absolute Gasteiger partial charge is 0.444 e. The first kappa shape index (κ1) is 17.5. The van der Waals surface area contributed by atoms with Gasteiger partial charge in [0.25, 0.3) is 0 Å². The quantitative estimate of drug-likeness (QED) is 0.577. The van der Waals surface area contributed by atoms with E-state index in [2.05, 4.69) is 26.4 Å². The summed E-state index contributed by atoms with van der Waals surface area (Å²) in [6.45, 7) is 1.82. The number of anilines is 1. The number of carbonyl (C=O) groups excluding carboxylic acids is 1. The maximum atomic E-state index is 12.1. The summed E-state index contributed by atoms with van der Waals surface area (Å²) in [4.78, 5) is 12.1. The Morgan fingerprint density at radius 2 is 1.96 bits per heavy atom. The van der Waals surface area contributed by atoms with Crippen molar-refractivity contribution in [2.24, 2.45) is 0 Å². The number of ether oxygens (including phenoxy) is 1. The maximum absolute atomic E-state index is 12.1. The van der Waals surface area contributed by atoms with Gasteiger partial charge in [0, 0.05) is 20.6 Å². The molecule has 0 aliphatic carbocycles. The highest BCUT2D eigenvalue weighted by atomic mass is 79.9. The van der Waals surface area contributed by atoms with Gasteiger partial charge >= 0.3 is 6.09 Å². The minimum atomic E-state index is -0.607. The van der Waals surface area contributed by atoms with Crippen LogP contribution < -0.4 is 5.32 Å².